The third kappa shape index (κ3) is 4.21. The van der Waals surface area contributed by atoms with E-state index in [4.69, 9.17) is 0 Å². The highest BCUT2D eigenvalue weighted by molar-refractivity contribution is 9.10. The quantitative estimate of drug-likeness (QED) is 0.736. The molecule has 1 rings (SSSR count). The molecule has 0 heterocycles. The molecule has 0 N–H and O–H groups in total. The molecule has 0 fully saturated rings. The van der Waals surface area contributed by atoms with Crippen LogP contribution in [-0.4, -0.2) is 29.8 Å². The van der Waals surface area contributed by atoms with Gasteiger partial charge in [-0.3, -0.25) is 4.79 Å². The molecule has 0 aromatic heterocycles. The average Bonchev–Trinajstić information content (AvgIpc) is 2.35. The van der Waals surface area contributed by atoms with Crippen LogP contribution in [0.25, 0.3) is 0 Å². The minimum Gasteiger partial charge on any atom is -0.301 e. The highest BCUT2D eigenvalue weighted by Gasteiger charge is 2.21. The summed E-state index contributed by atoms with van der Waals surface area (Å²) in [5.41, 5.74) is 0.935. The van der Waals surface area contributed by atoms with Gasteiger partial charge in [0.2, 0.25) is 0 Å². The molecule has 0 unspecified atom stereocenters. The van der Waals surface area contributed by atoms with Crippen LogP contribution in [0.4, 0.5) is 0 Å². The molecule has 0 saturated carbocycles. The molecule has 0 amide bonds. The van der Waals surface area contributed by atoms with Crippen molar-refractivity contribution in [2.75, 3.05) is 13.6 Å². The summed E-state index contributed by atoms with van der Waals surface area (Å²) in [7, 11) is 2.08. The molecule has 0 spiro atoms. The van der Waals surface area contributed by atoms with Gasteiger partial charge < -0.3 is 4.90 Å². The minimum absolute atomic E-state index is 0.150. The molecule has 0 aliphatic heterocycles. The highest BCUT2D eigenvalue weighted by atomic mass is 79.9. The monoisotopic (exact) mass is 311 g/mol. The summed E-state index contributed by atoms with van der Waals surface area (Å²) in [5.74, 6) is 0.204. The standard InChI is InChI=1S/C15H22BrNO/c1-5-15(2,3)17(4)10-9-14(18)12-7-6-8-13(16)11-12/h6-8,11H,5,9-10H2,1-4H3. The zero-order chi connectivity index (χ0) is 13.8. The van der Waals surface area contributed by atoms with E-state index < -0.39 is 0 Å². The van der Waals surface area contributed by atoms with E-state index >= 15 is 0 Å². The molecule has 2 nitrogen and oxygen atoms in total. The second-order valence-corrected chi connectivity index (χ2v) is 6.19. The number of halogens is 1. The molecule has 3 heteroatoms. The minimum atomic E-state index is 0.150. The molecular weight excluding hydrogens is 290 g/mol. The van der Waals surface area contributed by atoms with Gasteiger partial charge in [0, 0.05) is 28.5 Å². The number of nitrogens with zero attached hydrogens (tertiary/aromatic N) is 1. The average molecular weight is 312 g/mol. The number of hydrogen-bond donors (Lipinski definition) is 0. The number of rotatable bonds is 6. The van der Waals surface area contributed by atoms with Crippen molar-refractivity contribution in [2.45, 2.75) is 39.2 Å². The maximum atomic E-state index is 12.1. The molecule has 0 aliphatic rings. The number of carbonyl (C=O) groups excluding carboxylic acids is 1. The van der Waals surface area contributed by atoms with E-state index in [1.807, 2.05) is 24.3 Å². The Morgan fingerprint density at radius 3 is 2.61 bits per heavy atom. The van der Waals surface area contributed by atoms with Crippen molar-refractivity contribution < 1.29 is 4.79 Å². The van der Waals surface area contributed by atoms with Crippen molar-refractivity contribution in [3.8, 4) is 0 Å². The fourth-order valence-electron chi connectivity index (χ4n) is 1.65. The first-order valence-electron chi connectivity index (χ1n) is 6.37. The van der Waals surface area contributed by atoms with Crippen molar-refractivity contribution in [1.29, 1.82) is 0 Å². The number of ketones is 1. The lowest BCUT2D eigenvalue weighted by Crippen LogP contribution is -2.41. The van der Waals surface area contributed by atoms with E-state index in [0.717, 1.165) is 23.0 Å². The number of Topliss-reactive ketones (excluding diaryl/α,β-unsaturated/α-hetero) is 1. The molecule has 0 saturated heterocycles. The number of benzene rings is 1. The van der Waals surface area contributed by atoms with Gasteiger partial charge in [-0.05, 0) is 39.4 Å². The first-order chi connectivity index (χ1) is 8.36. The van der Waals surface area contributed by atoms with E-state index in [9.17, 15) is 4.79 Å². The maximum absolute atomic E-state index is 12.1. The van der Waals surface area contributed by atoms with E-state index in [2.05, 4.69) is 48.6 Å². The van der Waals surface area contributed by atoms with Crippen LogP contribution in [0.1, 0.15) is 44.0 Å². The van der Waals surface area contributed by atoms with E-state index in [1.54, 1.807) is 0 Å². The van der Waals surface area contributed by atoms with Crippen LogP contribution >= 0.6 is 15.9 Å². The molecule has 0 aliphatic carbocycles. The third-order valence-corrected chi connectivity index (χ3v) is 4.21. The van der Waals surface area contributed by atoms with Crippen LogP contribution in [0.3, 0.4) is 0 Å². The molecular formula is C15H22BrNO. The van der Waals surface area contributed by atoms with Gasteiger partial charge in [0.1, 0.15) is 0 Å². The van der Waals surface area contributed by atoms with E-state index in [-0.39, 0.29) is 11.3 Å². The predicted molar refractivity (Wildman–Crippen MR) is 80.1 cm³/mol. The predicted octanol–water partition coefficient (Wildman–Crippen LogP) is 4.14. The van der Waals surface area contributed by atoms with Crippen molar-refractivity contribution in [3.63, 3.8) is 0 Å². The van der Waals surface area contributed by atoms with Crippen molar-refractivity contribution in [2.24, 2.45) is 0 Å². The molecule has 0 bridgehead atoms. The Hall–Kier alpha value is -0.670. The summed E-state index contributed by atoms with van der Waals surface area (Å²) < 4.78 is 0.954. The number of carbonyl (C=O) groups is 1. The van der Waals surface area contributed by atoms with Gasteiger partial charge in [0.05, 0.1) is 0 Å². The summed E-state index contributed by atoms with van der Waals surface area (Å²) in [6.07, 6.45) is 1.64. The topological polar surface area (TPSA) is 20.3 Å². The molecule has 18 heavy (non-hydrogen) atoms. The highest BCUT2D eigenvalue weighted by Crippen LogP contribution is 2.18. The van der Waals surface area contributed by atoms with Crippen LogP contribution in [0, 0.1) is 0 Å². The fourth-order valence-corrected chi connectivity index (χ4v) is 2.05. The van der Waals surface area contributed by atoms with Gasteiger partial charge in [-0.25, -0.2) is 0 Å². The summed E-state index contributed by atoms with van der Waals surface area (Å²) in [5, 5.41) is 0. The lowest BCUT2D eigenvalue weighted by molar-refractivity contribution is 0.0929. The van der Waals surface area contributed by atoms with Gasteiger partial charge in [-0.1, -0.05) is 35.0 Å². The van der Waals surface area contributed by atoms with Crippen molar-refractivity contribution in [3.05, 3.63) is 34.3 Å². The Labute approximate surface area is 119 Å². The molecule has 1 aromatic carbocycles. The Kier molecular flexibility index (Phi) is 5.54. The number of hydrogen-bond acceptors (Lipinski definition) is 2. The van der Waals surface area contributed by atoms with Crippen LogP contribution in [0.15, 0.2) is 28.7 Å². The lowest BCUT2D eigenvalue weighted by atomic mass is 9.99. The Morgan fingerprint density at radius 1 is 1.39 bits per heavy atom. The van der Waals surface area contributed by atoms with Crippen LogP contribution in [0.5, 0.6) is 0 Å². The SMILES string of the molecule is CCC(C)(C)N(C)CCC(=O)c1cccc(Br)c1. The summed E-state index contributed by atoms with van der Waals surface area (Å²) in [6.45, 7) is 7.38. The second kappa shape index (κ2) is 6.48. The normalized spacial score (nSPS) is 11.9. The largest absolute Gasteiger partial charge is 0.301 e. The molecule has 100 valence electrons. The van der Waals surface area contributed by atoms with E-state index in [0.29, 0.717) is 6.42 Å². The summed E-state index contributed by atoms with van der Waals surface area (Å²) in [6, 6.07) is 7.59. The van der Waals surface area contributed by atoms with Crippen LogP contribution < -0.4 is 0 Å². The first kappa shape index (κ1) is 15.4. The van der Waals surface area contributed by atoms with Gasteiger partial charge in [0.15, 0.2) is 5.78 Å². The lowest BCUT2D eigenvalue weighted by Gasteiger charge is -2.34. The third-order valence-electron chi connectivity index (χ3n) is 3.72. The maximum Gasteiger partial charge on any atom is 0.164 e. The van der Waals surface area contributed by atoms with Gasteiger partial charge in [0.25, 0.3) is 0 Å². The van der Waals surface area contributed by atoms with Crippen molar-refractivity contribution >= 4 is 21.7 Å². The van der Waals surface area contributed by atoms with Crippen molar-refractivity contribution in [1.82, 2.24) is 4.90 Å². The van der Waals surface area contributed by atoms with Gasteiger partial charge in [-0.2, -0.15) is 0 Å². The van der Waals surface area contributed by atoms with Crippen LogP contribution in [-0.2, 0) is 0 Å². The summed E-state index contributed by atoms with van der Waals surface area (Å²) in [4.78, 5) is 14.3. The molecule has 1 aromatic rings. The summed E-state index contributed by atoms with van der Waals surface area (Å²) >= 11 is 3.39. The Morgan fingerprint density at radius 2 is 2.06 bits per heavy atom. The molecule has 0 atom stereocenters. The Bertz CT molecular complexity index is 415. The van der Waals surface area contributed by atoms with E-state index in [1.165, 1.54) is 0 Å². The second-order valence-electron chi connectivity index (χ2n) is 5.27. The zero-order valence-electron chi connectivity index (χ0n) is 11.7. The smallest absolute Gasteiger partial charge is 0.164 e. The van der Waals surface area contributed by atoms with Gasteiger partial charge >= 0.3 is 0 Å². The molecule has 0 radical (unpaired) electrons. The van der Waals surface area contributed by atoms with Gasteiger partial charge in [-0.15, -0.1) is 0 Å². The first-order valence-corrected chi connectivity index (χ1v) is 7.16. The van der Waals surface area contributed by atoms with Crippen LogP contribution in [0.2, 0.25) is 0 Å². The zero-order valence-corrected chi connectivity index (χ0v) is 13.3. The Balaban J connectivity index is 2.57. The fraction of sp³-hybridized carbons (Fsp3) is 0.533.